The van der Waals surface area contributed by atoms with Gasteiger partial charge >= 0.3 is 5.97 Å². The van der Waals surface area contributed by atoms with Crippen molar-refractivity contribution in [2.24, 2.45) is 0 Å². The number of anilines is 1. The Hall–Kier alpha value is -2.37. The number of ether oxygens (including phenoxy) is 2. The zero-order chi connectivity index (χ0) is 16.8. The summed E-state index contributed by atoms with van der Waals surface area (Å²) >= 11 is 4.46. The average molecular weight is 395 g/mol. The first-order valence-corrected chi connectivity index (χ1v) is 8.00. The number of amides is 1. The Balaban J connectivity index is 1.97. The summed E-state index contributed by atoms with van der Waals surface area (Å²) in [5.74, 6) is -0.671. The van der Waals surface area contributed by atoms with E-state index in [9.17, 15) is 9.59 Å². The number of benzene rings is 1. The van der Waals surface area contributed by atoms with Crippen LogP contribution in [-0.4, -0.2) is 25.6 Å². The van der Waals surface area contributed by atoms with E-state index in [1.54, 1.807) is 23.6 Å². The molecule has 0 aliphatic rings. The molecule has 0 fully saturated rings. The van der Waals surface area contributed by atoms with Gasteiger partial charge in [0.2, 0.25) is 0 Å². The zero-order valence-corrected chi connectivity index (χ0v) is 14.4. The zero-order valence-electron chi connectivity index (χ0n) is 12.0. The number of hydrogen-bond donors (Lipinski definition) is 1. The van der Waals surface area contributed by atoms with Gasteiger partial charge in [0.25, 0.3) is 5.91 Å². The second-order valence-corrected chi connectivity index (χ2v) is 6.02. The number of rotatable bonds is 5. The number of esters is 1. The van der Waals surface area contributed by atoms with Crippen molar-refractivity contribution in [1.29, 1.82) is 5.26 Å². The molecule has 0 atom stereocenters. The molecule has 0 spiro atoms. The van der Waals surface area contributed by atoms with Gasteiger partial charge in [0, 0.05) is 4.47 Å². The van der Waals surface area contributed by atoms with Crippen molar-refractivity contribution in [1.82, 2.24) is 0 Å². The number of nitriles is 1. The van der Waals surface area contributed by atoms with Crippen LogP contribution in [0.15, 0.2) is 34.1 Å². The van der Waals surface area contributed by atoms with Gasteiger partial charge in [-0.2, -0.15) is 5.26 Å². The number of carbonyl (C=O) groups excluding carboxylic acids is 2. The summed E-state index contributed by atoms with van der Waals surface area (Å²) in [6.45, 7) is -0.453. The largest absolute Gasteiger partial charge is 0.497 e. The molecule has 0 aliphatic carbocycles. The molecular weight excluding hydrogens is 384 g/mol. The first kappa shape index (κ1) is 17.0. The fraction of sp³-hybridized carbons (Fsp3) is 0.133. The second-order valence-electron chi connectivity index (χ2n) is 4.25. The summed E-state index contributed by atoms with van der Waals surface area (Å²) in [6, 6.07) is 8.41. The van der Waals surface area contributed by atoms with Gasteiger partial charge in [0.05, 0.1) is 18.2 Å². The van der Waals surface area contributed by atoms with Gasteiger partial charge in [-0.3, -0.25) is 4.79 Å². The smallest absolute Gasteiger partial charge is 0.339 e. The predicted octanol–water partition coefficient (Wildman–Crippen LogP) is 3.19. The number of carbonyl (C=O) groups is 2. The number of nitrogens with one attached hydrogen (secondary N) is 1. The lowest BCUT2D eigenvalue weighted by Crippen LogP contribution is -2.21. The van der Waals surface area contributed by atoms with Gasteiger partial charge in [0.1, 0.15) is 16.8 Å². The second kappa shape index (κ2) is 7.76. The van der Waals surface area contributed by atoms with Gasteiger partial charge in [0.15, 0.2) is 6.61 Å². The Bertz CT molecular complexity index is 782. The maximum absolute atomic E-state index is 12.0. The van der Waals surface area contributed by atoms with Crippen LogP contribution in [0.5, 0.6) is 5.75 Å². The van der Waals surface area contributed by atoms with Crippen LogP contribution in [0.2, 0.25) is 0 Å². The SMILES string of the molecule is COc1ccc(Br)c(C(=O)OCC(=O)Nc2sccc2C#N)c1. The molecule has 0 saturated heterocycles. The van der Waals surface area contributed by atoms with Crippen molar-refractivity contribution in [3.05, 3.63) is 45.2 Å². The van der Waals surface area contributed by atoms with E-state index in [1.807, 2.05) is 6.07 Å². The maximum Gasteiger partial charge on any atom is 0.339 e. The molecular formula is C15H11BrN2O4S. The van der Waals surface area contributed by atoms with Gasteiger partial charge in [-0.15, -0.1) is 11.3 Å². The Labute approximate surface area is 144 Å². The molecule has 0 saturated carbocycles. The normalized spacial score (nSPS) is 9.78. The molecule has 0 radical (unpaired) electrons. The Kier molecular flexibility index (Phi) is 5.73. The highest BCUT2D eigenvalue weighted by atomic mass is 79.9. The van der Waals surface area contributed by atoms with Crippen LogP contribution in [0, 0.1) is 11.3 Å². The average Bonchev–Trinajstić information content (AvgIpc) is 3.00. The minimum atomic E-state index is -0.655. The van der Waals surface area contributed by atoms with Crippen molar-refractivity contribution in [3.8, 4) is 11.8 Å². The van der Waals surface area contributed by atoms with Crippen molar-refractivity contribution in [2.75, 3.05) is 19.0 Å². The topological polar surface area (TPSA) is 88.4 Å². The molecule has 2 aromatic rings. The molecule has 1 aromatic carbocycles. The lowest BCUT2D eigenvalue weighted by molar-refractivity contribution is -0.119. The summed E-state index contributed by atoms with van der Waals surface area (Å²) < 4.78 is 10.6. The monoisotopic (exact) mass is 394 g/mol. The third-order valence-corrected chi connectivity index (χ3v) is 4.29. The third-order valence-electron chi connectivity index (χ3n) is 2.77. The third kappa shape index (κ3) is 4.31. The fourth-order valence-corrected chi connectivity index (χ4v) is 2.82. The molecule has 23 heavy (non-hydrogen) atoms. The number of nitrogens with zero attached hydrogens (tertiary/aromatic N) is 1. The summed E-state index contributed by atoms with van der Waals surface area (Å²) in [4.78, 5) is 23.8. The minimum absolute atomic E-state index is 0.256. The molecule has 118 valence electrons. The molecule has 2 rings (SSSR count). The van der Waals surface area contributed by atoms with Gasteiger partial charge in [-0.1, -0.05) is 0 Å². The van der Waals surface area contributed by atoms with E-state index in [2.05, 4.69) is 21.2 Å². The van der Waals surface area contributed by atoms with E-state index in [4.69, 9.17) is 14.7 Å². The summed E-state index contributed by atoms with van der Waals surface area (Å²) in [5.41, 5.74) is 0.621. The standard InChI is InChI=1S/C15H11BrN2O4S/c1-21-10-2-3-12(16)11(6-10)15(20)22-8-13(19)18-14-9(7-17)4-5-23-14/h2-6H,8H2,1H3,(H,18,19). The summed E-state index contributed by atoms with van der Waals surface area (Å²) in [7, 11) is 1.49. The molecule has 0 unspecified atom stereocenters. The molecule has 1 aromatic heterocycles. The highest BCUT2D eigenvalue weighted by molar-refractivity contribution is 9.10. The number of hydrogen-bond acceptors (Lipinski definition) is 6. The Morgan fingerprint density at radius 1 is 1.39 bits per heavy atom. The van der Waals surface area contributed by atoms with Crippen LogP contribution in [0.3, 0.4) is 0 Å². The molecule has 1 N–H and O–H groups in total. The van der Waals surface area contributed by atoms with E-state index in [1.165, 1.54) is 24.5 Å². The molecule has 1 heterocycles. The fourth-order valence-electron chi connectivity index (χ4n) is 1.65. The van der Waals surface area contributed by atoms with Gasteiger partial charge in [-0.05, 0) is 45.6 Å². The van der Waals surface area contributed by atoms with E-state index in [0.717, 1.165) is 0 Å². The highest BCUT2D eigenvalue weighted by Gasteiger charge is 2.15. The number of methoxy groups -OCH3 is 1. The molecule has 0 aliphatic heterocycles. The lowest BCUT2D eigenvalue weighted by Gasteiger charge is -2.08. The van der Waals surface area contributed by atoms with E-state index in [-0.39, 0.29) is 5.56 Å². The number of halogens is 1. The number of thiophene rings is 1. The maximum atomic E-state index is 12.0. The van der Waals surface area contributed by atoms with Crippen LogP contribution in [0.25, 0.3) is 0 Å². The van der Waals surface area contributed by atoms with E-state index < -0.39 is 18.5 Å². The highest BCUT2D eigenvalue weighted by Crippen LogP contribution is 2.24. The molecule has 0 bridgehead atoms. The van der Waals surface area contributed by atoms with Crippen molar-refractivity contribution in [3.63, 3.8) is 0 Å². The van der Waals surface area contributed by atoms with Crippen LogP contribution in [0.1, 0.15) is 15.9 Å². The summed E-state index contributed by atoms with van der Waals surface area (Å²) in [5, 5.41) is 13.5. The minimum Gasteiger partial charge on any atom is -0.497 e. The van der Waals surface area contributed by atoms with Crippen LogP contribution in [0.4, 0.5) is 5.00 Å². The van der Waals surface area contributed by atoms with Crippen LogP contribution < -0.4 is 10.1 Å². The quantitative estimate of drug-likeness (QED) is 0.786. The Morgan fingerprint density at radius 2 is 2.17 bits per heavy atom. The van der Waals surface area contributed by atoms with E-state index >= 15 is 0 Å². The van der Waals surface area contributed by atoms with Gasteiger partial charge in [-0.25, -0.2) is 4.79 Å². The van der Waals surface area contributed by atoms with Crippen LogP contribution in [-0.2, 0) is 9.53 Å². The molecule has 8 heteroatoms. The van der Waals surface area contributed by atoms with E-state index in [0.29, 0.717) is 20.8 Å². The Morgan fingerprint density at radius 3 is 2.87 bits per heavy atom. The molecule has 1 amide bonds. The van der Waals surface area contributed by atoms with Crippen LogP contribution >= 0.6 is 27.3 Å². The first-order valence-electron chi connectivity index (χ1n) is 6.33. The van der Waals surface area contributed by atoms with Crippen molar-refractivity contribution < 1.29 is 19.1 Å². The predicted molar refractivity (Wildman–Crippen MR) is 88.6 cm³/mol. The van der Waals surface area contributed by atoms with Gasteiger partial charge < -0.3 is 14.8 Å². The first-order chi connectivity index (χ1) is 11.0. The lowest BCUT2D eigenvalue weighted by atomic mass is 10.2. The van der Waals surface area contributed by atoms with Crippen molar-refractivity contribution in [2.45, 2.75) is 0 Å². The van der Waals surface area contributed by atoms with Crippen molar-refractivity contribution >= 4 is 44.1 Å². The summed E-state index contributed by atoms with van der Waals surface area (Å²) in [6.07, 6.45) is 0. The molecule has 6 nitrogen and oxygen atoms in total.